The van der Waals surface area contributed by atoms with E-state index in [2.05, 4.69) is 60.5 Å². The van der Waals surface area contributed by atoms with Crippen LogP contribution in [0, 0.1) is 0 Å². The molecule has 4 nitrogen and oxygen atoms in total. The minimum atomic E-state index is -0.0575. The summed E-state index contributed by atoms with van der Waals surface area (Å²) in [5, 5.41) is 3.96. The van der Waals surface area contributed by atoms with Gasteiger partial charge in [-0.1, -0.05) is 86.6 Å². The number of benzene rings is 3. The minimum absolute atomic E-state index is 0.0575. The molecule has 0 unspecified atom stereocenters. The molecule has 1 aromatic heterocycles. The van der Waals surface area contributed by atoms with E-state index in [-0.39, 0.29) is 5.91 Å². The van der Waals surface area contributed by atoms with Crippen LogP contribution in [-0.4, -0.2) is 42.0 Å². The third-order valence-electron chi connectivity index (χ3n) is 5.86. The van der Waals surface area contributed by atoms with Crippen LogP contribution >= 0.6 is 0 Å². The van der Waals surface area contributed by atoms with Gasteiger partial charge in [-0.05, 0) is 36.3 Å². The molecular formula is C28H29N3O. The van der Waals surface area contributed by atoms with Gasteiger partial charge in [0, 0.05) is 24.0 Å². The molecule has 1 amide bonds. The molecule has 0 fully saturated rings. The Bertz CT molecular complexity index is 1180. The van der Waals surface area contributed by atoms with Gasteiger partial charge >= 0.3 is 0 Å². The molecule has 0 radical (unpaired) electrons. The van der Waals surface area contributed by atoms with Crippen molar-refractivity contribution >= 4 is 16.8 Å². The number of rotatable bonds is 8. The van der Waals surface area contributed by atoms with Crippen LogP contribution in [0.2, 0.25) is 0 Å². The van der Waals surface area contributed by atoms with Crippen LogP contribution in [0.3, 0.4) is 0 Å². The lowest BCUT2D eigenvalue weighted by Gasteiger charge is -2.18. The van der Waals surface area contributed by atoms with E-state index in [4.69, 9.17) is 4.98 Å². The SMILES string of the molecule is CCN(CC)CCNC(=O)c1cc(-c2ccc(-c3ccccc3)cc2)nc2ccccc12. The van der Waals surface area contributed by atoms with Crippen molar-refractivity contribution in [3.05, 3.63) is 90.5 Å². The van der Waals surface area contributed by atoms with Crippen molar-refractivity contribution in [1.29, 1.82) is 0 Å². The van der Waals surface area contributed by atoms with Crippen LogP contribution in [0.1, 0.15) is 24.2 Å². The second-order valence-electron chi connectivity index (χ2n) is 7.80. The van der Waals surface area contributed by atoms with Crippen LogP contribution in [0.4, 0.5) is 0 Å². The molecule has 4 rings (SSSR count). The van der Waals surface area contributed by atoms with Crippen molar-refractivity contribution in [2.75, 3.05) is 26.2 Å². The number of nitrogens with zero attached hydrogens (tertiary/aromatic N) is 2. The van der Waals surface area contributed by atoms with Gasteiger partial charge in [-0.25, -0.2) is 4.98 Å². The molecule has 3 aromatic carbocycles. The van der Waals surface area contributed by atoms with Gasteiger partial charge in [-0.2, -0.15) is 0 Å². The van der Waals surface area contributed by atoms with Crippen molar-refractivity contribution in [2.24, 2.45) is 0 Å². The quantitative estimate of drug-likeness (QED) is 0.399. The molecule has 32 heavy (non-hydrogen) atoms. The summed E-state index contributed by atoms with van der Waals surface area (Å²) in [5.41, 5.74) is 5.62. The van der Waals surface area contributed by atoms with Gasteiger partial charge in [0.25, 0.3) is 5.91 Å². The zero-order valence-electron chi connectivity index (χ0n) is 18.7. The van der Waals surface area contributed by atoms with E-state index in [9.17, 15) is 4.79 Å². The van der Waals surface area contributed by atoms with Gasteiger partial charge in [-0.15, -0.1) is 0 Å². The molecule has 4 heteroatoms. The van der Waals surface area contributed by atoms with E-state index in [1.54, 1.807) is 0 Å². The zero-order chi connectivity index (χ0) is 22.3. The fourth-order valence-electron chi connectivity index (χ4n) is 3.94. The lowest BCUT2D eigenvalue weighted by molar-refractivity contribution is 0.0950. The summed E-state index contributed by atoms with van der Waals surface area (Å²) < 4.78 is 0. The summed E-state index contributed by atoms with van der Waals surface area (Å²) in [6, 6.07) is 28.4. The number of likely N-dealkylation sites (N-methyl/N-ethyl adjacent to an activating group) is 1. The molecular weight excluding hydrogens is 394 g/mol. The third kappa shape index (κ3) is 4.87. The highest BCUT2D eigenvalue weighted by Crippen LogP contribution is 2.27. The Hall–Kier alpha value is -3.50. The smallest absolute Gasteiger partial charge is 0.252 e. The number of para-hydroxylation sites is 1. The number of amides is 1. The number of carbonyl (C=O) groups is 1. The molecule has 0 bridgehead atoms. The number of pyridine rings is 1. The fourth-order valence-corrected chi connectivity index (χ4v) is 3.94. The summed E-state index contributed by atoms with van der Waals surface area (Å²) in [6.45, 7) is 7.70. The average Bonchev–Trinajstić information content (AvgIpc) is 2.86. The van der Waals surface area contributed by atoms with Crippen molar-refractivity contribution in [1.82, 2.24) is 15.2 Å². The molecule has 1 N–H and O–H groups in total. The molecule has 1 heterocycles. The maximum atomic E-state index is 13.1. The van der Waals surface area contributed by atoms with Gasteiger partial charge < -0.3 is 10.2 Å². The van der Waals surface area contributed by atoms with Crippen molar-refractivity contribution in [3.8, 4) is 22.4 Å². The molecule has 162 valence electrons. The maximum absolute atomic E-state index is 13.1. The van der Waals surface area contributed by atoms with Gasteiger partial charge in [0.15, 0.2) is 0 Å². The molecule has 0 saturated carbocycles. The molecule has 0 atom stereocenters. The first-order chi connectivity index (χ1) is 15.7. The van der Waals surface area contributed by atoms with Crippen LogP contribution in [0.15, 0.2) is 84.9 Å². The monoisotopic (exact) mass is 423 g/mol. The average molecular weight is 424 g/mol. The number of fused-ring (bicyclic) bond motifs is 1. The topological polar surface area (TPSA) is 45.2 Å². The Morgan fingerprint density at radius 3 is 2.16 bits per heavy atom. The summed E-state index contributed by atoms with van der Waals surface area (Å²) >= 11 is 0. The van der Waals surface area contributed by atoms with Gasteiger partial charge in [0.05, 0.1) is 16.8 Å². The third-order valence-corrected chi connectivity index (χ3v) is 5.86. The Labute approximate surface area is 189 Å². The first-order valence-corrected chi connectivity index (χ1v) is 11.3. The molecule has 0 spiro atoms. The second kappa shape index (κ2) is 10.2. The predicted molar refractivity (Wildman–Crippen MR) is 133 cm³/mol. The number of aromatic nitrogens is 1. The highest BCUT2D eigenvalue weighted by molar-refractivity contribution is 6.07. The van der Waals surface area contributed by atoms with E-state index in [0.29, 0.717) is 12.1 Å². The molecule has 0 aliphatic carbocycles. The summed E-state index contributed by atoms with van der Waals surface area (Å²) in [7, 11) is 0. The van der Waals surface area contributed by atoms with Gasteiger partial charge in [0.1, 0.15) is 0 Å². The predicted octanol–water partition coefficient (Wildman–Crippen LogP) is 5.64. The van der Waals surface area contributed by atoms with Gasteiger partial charge in [0.2, 0.25) is 0 Å². The van der Waals surface area contributed by atoms with Crippen molar-refractivity contribution < 1.29 is 4.79 Å². The normalized spacial score (nSPS) is 11.1. The molecule has 4 aromatic rings. The highest BCUT2D eigenvalue weighted by atomic mass is 16.1. The first-order valence-electron chi connectivity index (χ1n) is 11.3. The number of hydrogen-bond donors (Lipinski definition) is 1. The van der Waals surface area contributed by atoms with Crippen LogP contribution in [0.25, 0.3) is 33.3 Å². The Morgan fingerprint density at radius 2 is 1.44 bits per heavy atom. The van der Waals surface area contributed by atoms with E-state index in [1.165, 1.54) is 5.56 Å². The summed E-state index contributed by atoms with van der Waals surface area (Å²) in [6.07, 6.45) is 0. The zero-order valence-corrected chi connectivity index (χ0v) is 18.7. The highest BCUT2D eigenvalue weighted by Gasteiger charge is 2.14. The number of carbonyl (C=O) groups excluding carboxylic acids is 1. The van der Waals surface area contributed by atoms with E-state index >= 15 is 0 Å². The van der Waals surface area contributed by atoms with Crippen LogP contribution < -0.4 is 5.32 Å². The Balaban J connectivity index is 1.62. The maximum Gasteiger partial charge on any atom is 0.252 e. The fraction of sp³-hybridized carbons (Fsp3) is 0.214. The van der Waals surface area contributed by atoms with Gasteiger partial charge in [-0.3, -0.25) is 4.79 Å². The van der Waals surface area contributed by atoms with Crippen LogP contribution in [-0.2, 0) is 0 Å². The van der Waals surface area contributed by atoms with E-state index in [0.717, 1.165) is 47.4 Å². The van der Waals surface area contributed by atoms with E-state index < -0.39 is 0 Å². The summed E-state index contributed by atoms with van der Waals surface area (Å²) in [4.78, 5) is 20.2. The largest absolute Gasteiger partial charge is 0.351 e. The summed E-state index contributed by atoms with van der Waals surface area (Å²) in [5.74, 6) is -0.0575. The number of nitrogens with one attached hydrogen (secondary N) is 1. The number of hydrogen-bond acceptors (Lipinski definition) is 3. The second-order valence-corrected chi connectivity index (χ2v) is 7.80. The minimum Gasteiger partial charge on any atom is -0.351 e. The van der Waals surface area contributed by atoms with Crippen LogP contribution in [0.5, 0.6) is 0 Å². The van der Waals surface area contributed by atoms with E-state index in [1.807, 2.05) is 48.5 Å². The Kier molecular flexibility index (Phi) is 6.93. The molecule has 0 aliphatic heterocycles. The molecule has 0 aliphatic rings. The lowest BCUT2D eigenvalue weighted by atomic mass is 10.0. The Morgan fingerprint density at radius 1 is 0.812 bits per heavy atom. The molecule has 0 saturated heterocycles. The van der Waals surface area contributed by atoms with Crippen molar-refractivity contribution in [3.63, 3.8) is 0 Å². The first kappa shape index (κ1) is 21.7. The standard InChI is InChI=1S/C28H29N3O/c1-3-31(4-2)19-18-29-28(32)25-20-27(30-26-13-9-8-12-24(25)26)23-16-14-22(15-17-23)21-10-6-5-7-11-21/h5-17,20H,3-4,18-19H2,1-2H3,(H,29,32). The van der Waals surface area contributed by atoms with Crippen molar-refractivity contribution in [2.45, 2.75) is 13.8 Å². The lowest BCUT2D eigenvalue weighted by Crippen LogP contribution is -2.34.